The topological polar surface area (TPSA) is 38.1 Å². The number of nitrogens with zero attached hydrogens (tertiary/aromatic N) is 1. The molecule has 1 N–H and O–H groups in total. The Bertz CT molecular complexity index is 1100. The highest BCUT2D eigenvalue weighted by molar-refractivity contribution is 6.34. The number of hydrogen-bond donors (Lipinski definition) is 1. The highest BCUT2D eigenvalue weighted by atomic mass is 35.5. The van der Waals surface area contributed by atoms with Crippen LogP contribution in [0.25, 0.3) is 27.9 Å². The maximum absolute atomic E-state index is 13.8. The van der Waals surface area contributed by atoms with Gasteiger partial charge in [-0.1, -0.05) is 42.4 Å². The van der Waals surface area contributed by atoms with Crippen molar-refractivity contribution in [2.24, 2.45) is 0 Å². The van der Waals surface area contributed by atoms with Crippen LogP contribution in [0.2, 0.25) is 5.02 Å². The van der Waals surface area contributed by atoms with Crippen molar-refractivity contribution in [1.82, 2.24) is 4.98 Å². The molecule has 1 aromatic heterocycles. The molecular formula is C21H14ClFN2O. The Balaban J connectivity index is 1.59. The fraction of sp³-hybridized carbons (Fsp3) is 0. The van der Waals surface area contributed by atoms with Gasteiger partial charge >= 0.3 is 0 Å². The molecule has 0 atom stereocenters. The molecule has 0 spiro atoms. The molecule has 0 saturated heterocycles. The Morgan fingerprint density at radius 2 is 1.85 bits per heavy atom. The molecule has 4 aromatic rings. The van der Waals surface area contributed by atoms with Crippen LogP contribution in [0, 0.1) is 5.82 Å². The zero-order valence-electron chi connectivity index (χ0n) is 13.7. The van der Waals surface area contributed by atoms with Crippen molar-refractivity contribution in [2.75, 3.05) is 5.32 Å². The van der Waals surface area contributed by atoms with Crippen LogP contribution >= 0.6 is 11.6 Å². The van der Waals surface area contributed by atoms with E-state index in [9.17, 15) is 4.39 Å². The van der Waals surface area contributed by atoms with Gasteiger partial charge in [-0.15, -0.1) is 0 Å². The van der Waals surface area contributed by atoms with Crippen LogP contribution in [-0.2, 0) is 0 Å². The first-order valence-corrected chi connectivity index (χ1v) is 8.33. The first-order chi connectivity index (χ1) is 12.6. The summed E-state index contributed by atoms with van der Waals surface area (Å²) in [6.07, 6.45) is 1.39. The third kappa shape index (κ3) is 3.07. The summed E-state index contributed by atoms with van der Waals surface area (Å²) in [4.78, 5) is 4.10. The van der Waals surface area contributed by atoms with Gasteiger partial charge in [-0.2, -0.15) is 0 Å². The van der Waals surface area contributed by atoms with E-state index in [1.807, 2.05) is 30.3 Å². The second-order valence-electron chi connectivity index (χ2n) is 5.81. The lowest BCUT2D eigenvalue weighted by Gasteiger charge is -2.12. The first kappa shape index (κ1) is 16.4. The van der Waals surface area contributed by atoms with Gasteiger partial charge in [-0.3, -0.25) is 0 Å². The molecule has 0 bridgehead atoms. The number of benzene rings is 3. The minimum Gasteiger partial charge on any atom is -0.443 e. The second-order valence-corrected chi connectivity index (χ2v) is 6.22. The van der Waals surface area contributed by atoms with Crippen molar-refractivity contribution in [2.45, 2.75) is 0 Å². The molecule has 3 aromatic carbocycles. The van der Waals surface area contributed by atoms with E-state index >= 15 is 0 Å². The van der Waals surface area contributed by atoms with E-state index in [-0.39, 0.29) is 5.82 Å². The summed E-state index contributed by atoms with van der Waals surface area (Å²) in [5.74, 6) is -0.311. The molecule has 0 aliphatic carbocycles. The molecule has 0 unspecified atom stereocenters. The van der Waals surface area contributed by atoms with Gasteiger partial charge in [0.25, 0.3) is 0 Å². The van der Waals surface area contributed by atoms with Gasteiger partial charge in [-0.05, 0) is 42.0 Å². The molecule has 0 aliphatic heterocycles. The van der Waals surface area contributed by atoms with Crippen molar-refractivity contribution >= 4 is 34.1 Å². The van der Waals surface area contributed by atoms with Crippen LogP contribution < -0.4 is 5.32 Å². The molecule has 0 aliphatic rings. The van der Waals surface area contributed by atoms with Crippen LogP contribution in [0.1, 0.15) is 5.56 Å². The van der Waals surface area contributed by atoms with Crippen molar-refractivity contribution < 1.29 is 8.81 Å². The first-order valence-electron chi connectivity index (χ1n) is 7.96. The number of oxazole rings is 1. The quantitative estimate of drug-likeness (QED) is 0.457. The molecule has 0 amide bonds. The van der Waals surface area contributed by atoms with Gasteiger partial charge in [0.15, 0.2) is 12.0 Å². The third-order valence-electron chi connectivity index (χ3n) is 4.11. The second kappa shape index (κ2) is 6.65. The summed E-state index contributed by atoms with van der Waals surface area (Å²) in [5.41, 5.74) is 4.94. The number of rotatable bonds is 4. The standard InChI is InChI=1S/C21H14ClFN2O/c1-13(16-4-2-3-5-19(16)23)25-15-8-6-14(7-9-15)17-10-21-20(11-18(17)22)24-12-26-21/h2-12,25H,1H2. The van der Waals surface area contributed by atoms with Gasteiger partial charge in [0, 0.05) is 22.5 Å². The number of anilines is 1. The fourth-order valence-electron chi connectivity index (χ4n) is 2.78. The van der Waals surface area contributed by atoms with Gasteiger partial charge < -0.3 is 9.73 Å². The predicted molar refractivity (Wildman–Crippen MR) is 104 cm³/mol. The summed E-state index contributed by atoms with van der Waals surface area (Å²) in [5, 5.41) is 3.72. The lowest BCUT2D eigenvalue weighted by atomic mass is 10.0. The lowest BCUT2D eigenvalue weighted by molar-refractivity contribution is 0.602. The molecule has 0 saturated carbocycles. The summed E-state index contributed by atoms with van der Waals surface area (Å²) < 4.78 is 19.2. The lowest BCUT2D eigenvalue weighted by Crippen LogP contribution is -1.99. The summed E-state index contributed by atoms with van der Waals surface area (Å²) >= 11 is 6.36. The maximum Gasteiger partial charge on any atom is 0.181 e. The fourth-order valence-corrected chi connectivity index (χ4v) is 3.05. The van der Waals surface area contributed by atoms with Crippen molar-refractivity contribution in [3.05, 3.63) is 90.0 Å². The molecule has 0 radical (unpaired) electrons. The number of halogens is 2. The minimum absolute atomic E-state index is 0.311. The summed E-state index contributed by atoms with van der Waals surface area (Å²) in [6.45, 7) is 3.91. The van der Waals surface area contributed by atoms with Crippen LogP contribution in [0.5, 0.6) is 0 Å². The van der Waals surface area contributed by atoms with Crippen LogP contribution in [0.15, 0.2) is 78.1 Å². The zero-order chi connectivity index (χ0) is 18.1. The van der Waals surface area contributed by atoms with E-state index in [4.69, 9.17) is 16.0 Å². The van der Waals surface area contributed by atoms with Gasteiger partial charge in [0.2, 0.25) is 0 Å². The van der Waals surface area contributed by atoms with Crippen molar-refractivity contribution in [3.8, 4) is 11.1 Å². The minimum atomic E-state index is -0.311. The molecule has 26 heavy (non-hydrogen) atoms. The van der Waals surface area contributed by atoms with Crippen molar-refractivity contribution in [3.63, 3.8) is 0 Å². The molecule has 3 nitrogen and oxygen atoms in total. The molecule has 5 heteroatoms. The van der Waals surface area contributed by atoms with E-state index in [1.165, 1.54) is 12.5 Å². The van der Waals surface area contributed by atoms with Crippen LogP contribution in [0.4, 0.5) is 10.1 Å². The Morgan fingerprint density at radius 3 is 2.62 bits per heavy atom. The average Bonchev–Trinajstić information content (AvgIpc) is 3.09. The number of hydrogen-bond acceptors (Lipinski definition) is 3. The van der Waals surface area contributed by atoms with Crippen LogP contribution in [-0.4, -0.2) is 4.98 Å². The Labute approximate surface area is 154 Å². The van der Waals surface area contributed by atoms with Gasteiger partial charge in [0.1, 0.15) is 11.3 Å². The largest absolute Gasteiger partial charge is 0.443 e. The Kier molecular flexibility index (Phi) is 4.19. The zero-order valence-corrected chi connectivity index (χ0v) is 14.4. The van der Waals surface area contributed by atoms with E-state index < -0.39 is 0 Å². The highest BCUT2D eigenvalue weighted by Crippen LogP contribution is 2.32. The number of nitrogens with one attached hydrogen (secondary N) is 1. The highest BCUT2D eigenvalue weighted by Gasteiger charge is 2.09. The third-order valence-corrected chi connectivity index (χ3v) is 4.42. The molecule has 1 heterocycles. The monoisotopic (exact) mass is 364 g/mol. The molecular weight excluding hydrogens is 351 g/mol. The van der Waals surface area contributed by atoms with E-state index in [2.05, 4.69) is 16.9 Å². The summed E-state index contributed by atoms with van der Waals surface area (Å²) in [6, 6.07) is 17.8. The van der Waals surface area contributed by atoms with Crippen LogP contribution in [0.3, 0.4) is 0 Å². The smallest absolute Gasteiger partial charge is 0.181 e. The van der Waals surface area contributed by atoms with E-state index in [0.29, 0.717) is 21.9 Å². The Hall–Kier alpha value is -3.11. The normalized spacial score (nSPS) is 10.8. The molecule has 0 fully saturated rings. The predicted octanol–water partition coefficient (Wildman–Crippen LogP) is 6.37. The van der Waals surface area contributed by atoms with E-state index in [0.717, 1.165) is 22.3 Å². The SMILES string of the molecule is C=C(Nc1ccc(-c2cc3ocnc3cc2Cl)cc1)c1ccccc1F. The summed E-state index contributed by atoms with van der Waals surface area (Å²) in [7, 11) is 0. The maximum atomic E-state index is 13.8. The molecule has 4 rings (SSSR count). The number of fused-ring (bicyclic) bond motifs is 1. The van der Waals surface area contributed by atoms with Crippen molar-refractivity contribution in [1.29, 1.82) is 0 Å². The molecule has 128 valence electrons. The van der Waals surface area contributed by atoms with Gasteiger partial charge in [0.05, 0.1) is 5.02 Å². The number of aromatic nitrogens is 1. The average molecular weight is 365 g/mol. The van der Waals surface area contributed by atoms with E-state index in [1.54, 1.807) is 24.3 Å². The Morgan fingerprint density at radius 1 is 1.08 bits per heavy atom. The van der Waals surface area contributed by atoms with Gasteiger partial charge in [-0.25, -0.2) is 9.37 Å².